The molecule has 0 aliphatic heterocycles. The van der Waals surface area contributed by atoms with Crippen LogP contribution in [0, 0.1) is 0 Å². The summed E-state index contributed by atoms with van der Waals surface area (Å²) in [5.41, 5.74) is 14.7. The van der Waals surface area contributed by atoms with Crippen LogP contribution < -0.4 is 4.90 Å². The SMILES string of the molecule is c1ccc2c(c1)ccc1c2oc2cccc(-c3ccc(N(c4ccc(-c5cccc6c5oc5ccccc56)cc4)c4ccc(-n5c6ccccc6c6ccccc65)cc4)cc3)c21. The van der Waals surface area contributed by atoms with E-state index in [1.807, 2.05) is 12.1 Å². The van der Waals surface area contributed by atoms with Crippen LogP contribution >= 0.6 is 0 Å². The van der Waals surface area contributed by atoms with Crippen LogP contribution in [-0.4, -0.2) is 4.57 Å². The van der Waals surface area contributed by atoms with Gasteiger partial charge in [-0.3, -0.25) is 0 Å². The molecule has 0 aliphatic carbocycles. The Morgan fingerprint density at radius 1 is 0.323 bits per heavy atom. The van der Waals surface area contributed by atoms with Crippen LogP contribution in [0.25, 0.3) is 104 Å². The number of rotatable bonds is 6. The second-order valence-corrected chi connectivity index (χ2v) is 16.0. The Morgan fingerprint density at radius 3 is 1.55 bits per heavy atom. The quantitative estimate of drug-likeness (QED) is 0.168. The van der Waals surface area contributed by atoms with Crippen molar-refractivity contribution in [3.05, 3.63) is 218 Å². The van der Waals surface area contributed by atoms with E-state index >= 15 is 0 Å². The van der Waals surface area contributed by atoms with Crippen LogP contribution in [0.15, 0.2) is 227 Å². The van der Waals surface area contributed by atoms with E-state index in [4.69, 9.17) is 8.83 Å². The minimum Gasteiger partial charge on any atom is -0.455 e. The first-order valence-electron chi connectivity index (χ1n) is 21.1. The fourth-order valence-electron chi connectivity index (χ4n) is 9.75. The first-order valence-corrected chi connectivity index (χ1v) is 21.1. The lowest BCUT2D eigenvalue weighted by Crippen LogP contribution is -2.10. The second-order valence-electron chi connectivity index (χ2n) is 16.0. The van der Waals surface area contributed by atoms with Gasteiger partial charge in [-0.25, -0.2) is 0 Å². The maximum absolute atomic E-state index is 6.55. The summed E-state index contributed by atoms with van der Waals surface area (Å²) in [4.78, 5) is 2.34. The van der Waals surface area contributed by atoms with Gasteiger partial charge in [0.2, 0.25) is 0 Å². The Balaban J connectivity index is 0.931. The first-order chi connectivity index (χ1) is 30.7. The summed E-state index contributed by atoms with van der Waals surface area (Å²) in [5, 5.41) is 9.32. The van der Waals surface area contributed by atoms with Gasteiger partial charge in [0.25, 0.3) is 0 Å². The third kappa shape index (κ3) is 5.27. The summed E-state index contributed by atoms with van der Waals surface area (Å²) in [6.45, 7) is 0. The lowest BCUT2D eigenvalue weighted by molar-refractivity contribution is 0.670. The maximum atomic E-state index is 6.55. The molecule has 4 heteroatoms. The van der Waals surface area contributed by atoms with E-state index in [9.17, 15) is 0 Å². The van der Waals surface area contributed by atoms with Crippen molar-refractivity contribution in [3.8, 4) is 27.9 Å². The molecule has 3 aromatic heterocycles. The van der Waals surface area contributed by atoms with Gasteiger partial charge >= 0.3 is 0 Å². The van der Waals surface area contributed by atoms with Crippen molar-refractivity contribution in [1.29, 1.82) is 0 Å². The Bertz CT molecular complexity index is 3800. The molecule has 10 aromatic carbocycles. The molecule has 0 fully saturated rings. The molecule has 0 atom stereocenters. The summed E-state index contributed by atoms with van der Waals surface area (Å²) >= 11 is 0. The molecule has 0 radical (unpaired) electrons. The molecule has 0 unspecified atom stereocenters. The molecular weight excluding hydrogens is 757 g/mol. The standard InChI is InChI=1S/C58H36N2O2/c1-2-12-45-37(11-1)27-36-51-56-44(16-10-22-55(56)62-58(45)51)38-23-28-40(29-24-38)59(41-30-25-39(26-31-41)46-17-9-18-50-49-15-5-8-21-54(49)61-57(46)50)42-32-34-43(35-33-42)60-52-19-6-3-13-47(52)48-14-4-7-20-53(48)60/h1-36H. The van der Waals surface area contributed by atoms with Crippen LogP contribution in [0.3, 0.4) is 0 Å². The number of furan rings is 2. The molecule has 13 aromatic rings. The molecule has 0 spiro atoms. The van der Waals surface area contributed by atoms with Crippen molar-refractivity contribution in [3.63, 3.8) is 0 Å². The fourth-order valence-corrected chi connectivity index (χ4v) is 9.75. The van der Waals surface area contributed by atoms with Crippen LogP contribution in [0.5, 0.6) is 0 Å². The zero-order valence-corrected chi connectivity index (χ0v) is 33.5. The van der Waals surface area contributed by atoms with Gasteiger partial charge in [0.05, 0.1) is 11.0 Å². The monoisotopic (exact) mass is 792 g/mol. The Hall–Kier alpha value is -8.34. The number of hydrogen-bond donors (Lipinski definition) is 0. The lowest BCUT2D eigenvalue weighted by Gasteiger charge is -2.26. The van der Waals surface area contributed by atoms with Crippen molar-refractivity contribution >= 4 is 93.5 Å². The summed E-state index contributed by atoms with van der Waals surface area (Å²) in [6.07, 6.45) is 0. The second kappa shape index (κ2) is 13.6. The largest absolute Gasteiger partial charge is 0.455 e. The number of nitrogens with zero attached hydrogens (tertiary/aromatic N) is 2. The van der Waals surface area contributed by atoms with E-state index in [0.29, 0.717) is 0 Å². The zero-order valence-electron chi connectivity index (χ0n) is 33.5. The van der Waals surface area contributed by atoms with Gasteiger partial charge in [0.15, 0.2) is 0 Å². The topological polar surface area (TPSA) is 34.5 Å². The predicted octanol–water partition coefficient (Wildman–Crippen LogP) is 16.5. The van der Waals surface area contributed by atoms with Gasteiger partial charge in [-0.1, -0.05) is 140 Å². The molecule has 13 rings (SSSR count). The van der Waals surface area contributed by atoms with E-state index in [1.54, 1.807) is 0 Å². The predicted molar refractivity (Wildman–Crippen MR) is 258 cm³/mol. The normalized spacial score (nSPS) is 11.9. The highest BCUT2D eigenvalue weighted by Gasteiger charge is 2.19. The zero-order chi connectivity index (χ0) is 40.7. The van der Waals surface area contributed by atoms with Crippen molar-refractivity contribution in [2.45, 2.75) is 0 Å². The summed E-state index contributed by atoms with van der Waals surface area (Å²) in [5.74, 6) is 0. The number of fused-ring (bicyclic) bond motifs is 11. The molecule has 0 bridgehead atoms. The van der Waals surface area contributed by atoms with E-state index in [2.05, 4.69) is 216 Å². The molecule has 0 aliphatic rings. The Morgan fingerprint density at radius 2 is 0.839 bits per heavy atom. The van der Waals surface area contributed by atoms with Gasteiger partial charge in [-0.15, -0.1) is 0 Å². The van der Waals surface area contributed by atoms with Crippen molar-refractivity contribution in [2.24, 2.45) is 0 Å². The lowest BCUT2D eigenvalue weighted by atomic mass is 9.98. The molecule has 0 N–H and O–H groups in total. The van der Waals surface area contributed by atoms with E-state index < -0.39 is 0 Å². The van der Waals surface area contributed by atoms with E-state index in [1.165, 1.54) is 27.2 Å². The Labute approximate surface area is 356 Å². The molecule has 0 saturated heterocycles. The number of benzene rings is 10. The molecule has 0 amide bonds. The van der Waals surface area contributed by atoms with Crippen molar-refractivity contribution < 1.29 is 8.83 Å². The fraction of sp³-hybridized carbons (Fsp3) is 0. The van der Waals surface area contributed by atoms with Gasteiger partial charge < -0.3 is 18.3 Å². The molecule has 4 nitrogen and oxygen atoms in total. The van der Waals surface area contributed by atoms with Crippen LogP contribution in [-0.2, 0) is 0 Å². The molecule has 0 saturated carbocycles. The first kappa shape index (κ1) is 34.5. The highest BCUT2D eigenvalue weighted by atomic mass is 16.3. The van der Waals surface area contributed by atoms with Gasteiger partial charge in [0, 0.05) is 66.0 Å². The van der Waals surface area contributed by atoms with Crippen molar-refractivity contribution in [1.82, 2.24) is 4.57 Å². The summed E-state index contributed by atoms with van der Waals surface area (Å²) < 4.78 is 15.4. The Kier molecular flexibility index (Phi) is 7.57. The summed E-state index contributed by atoms with van der Waals surface area (Å²) in [7, 11) is 0. The third-order valence-corrected chi connectivity index (χ3v) is 12.6. The molecule has 62 heavy (non-hydrogen) atoms. The highest BCUT2D eigenvalue weighted by molar-refractivity contribution is 6.19. The van der Waals surface area contributed by atoms with E-state index in [0.717, 1.165) is 94.3 Å². The number of para-hydroxylation sites is 4. The maximum Gasteiger partial charge on any atom is 0.143 e. The average Bonchev–Trinajstić information content (AvgIpc) is 4.03. The third-order valence-electron chi connectivity index (χ3n) is 12.6. The van der Waals surface area contributed by atoms with Crippen LogP contribution in [0.1, 0.15) is 0 Å². The number of aromatic nitrogens is 1. The van der Waals surface area contributed by atoms with Crippen LogP contribution in [0.2, 0.25) is 0 Å². The van der Waals surface area contributed by atoms with E-state index in [-0.39, 0.29) is 0 Å². The number of anilines is 3. The highest BCUT2D eigenvalue weighted by Crippen LogP contribution is 2.43. The number of hydrogen-bond acceptors (Lipinski definition) is 3. The van der Waals surface area contributed by atoms with Gasteiger partial charge in [-0.05, 0) is 101 Å². The molecule has 290 valence electrons. The minimum absolute atomic E-state index is 0.890. The summed E-state index contributed by atoms with van der Waals surface area (Å²) in [6, 6.07) is 77.9. The van der Waals surface area contributed by atoms with Gasteiger partial charge in [-0.2, -0.15) is 0 Å². The molecular formula is C58H36N2O2. The minimum atomic E-state index is 0.890. The smallest absolute Gasteiger partial charge is 0.143 e. The van der Waals surface area contributed by atoms with Crippen molar-refractivity contribution in [2.75, 3.05) is 4.90 Å². The average molecular weight is 793 g/mol. The molecule has 3 heterocycles. The van der Waals surface area contributed by atoms with Crippen LogP contribution in [0.4, 0.5) is 17.1 Å². The van der Waals surface area contributed by atoms with Gasteiger partial charge in [0.1, 0.15) is 22.3 Å².